The summed E-state index contributed by atoms with van der Waals surface area (Å²) in [7, 11) is 0. The molecule has 0 aliphatic heterocycles. The summed E-state index contributed by atoms with van der Waals surface area (Å²) in [6, 6.07) is 3.30. The maximum atomic E-state index is 13.2. The van der Waals surface area contributed by atoms with Crippen LogP contribution >= 0.6 is 23.1 Å². The van der Waals surface area contributed by atoms with Crippen LogP contribution in [0.3, 0.4) is 0 Å². The van der Waals surface area contributed by atoms with Gasteiger partial charge in [0.1, 0.15) is 0 Å². The molecule has 1 aromatic heterocycles. The first-order valence-electron chi connectivity index (χ1n) is 7.18. The van der Waals surface area contributed by atoms with Crippen molar-refractivity contribution in [2.45, 2.75) is 32.1 Å². The normalized spacial score (nSPS) is 12.2. The van der Waals surface area contributed by atoms with Crippen molar-refractivity contribution in [3.63, 3.8) is 0 Å². The van der Waals surface area contributed by atoms with E-state index in [1.165, 1.54) is 6.07 Å². The van der Waals surface area contributed by atoms with Crippen LogP contribution in [0.5, 0.6) is 0 Å². The monoisotopic (exact) mass is 356 g/mol. The maximum Gasteiger partial charge on any atom is 0.221 e. The van der Waals surface area contributed by atoms with Crippen LogP contribution in [-0.4, -0.2) is 16.6 Å². The van der Waals surface area contributed by atoms with Crippen LogP contribution in [0.2, 0.25) is 0 Å². The SMILES string of the molecule is Cc1nc(CSCCC(=O)N[C@H](C)c2ccc(F)c(F)c2)cs1. The van der Waals surface area contributed by atoms with Gasteiger partial charge in [-0.15, -0.1) is 11.3 Å². The number of carbonyl (C=O) groups is 1. The molecule has 2 rings (SSSR count). The number of rotatable bonds is 7. The molecule has 0 saturated heterocycles. The minimum atomic E-state index is -0.905. The number of amides is 1. The van der Waals surface area contributed by atoms with Crippen molar-refractivity contribution in [2.24, 2.45) is 0 Å². The summed E-state index contributed by atoms with van der Waals surface area (Å²) in [6.45, 7) is 3.71. The number of thioether (sulfide) groups is 1. The number of benzene rings is 1. The van der Waals surface area contributed by atoms with Crippen molar-refractivity contribution in [1.82, 2.24) is 10.3 Å². The zero-order chi connectivity index (χ0) is 16.8. The predicted octanol–water partition coefficient (Wildman–Crippen LogP) is 4.23. The first kappa shape index (κ1) is 17.9. The summed E-state index contributed by atoms with van der Waals surface area (Å²) in [5, 5.41) is 5.85. The molecule has 0 aliphatic rings. The fraction of sp³-hybridized carbons (Fsp3) is 0.375. The Labute approximate surface area is 142 Å². The molecule has 2 aromatic rings. The average molecular weight is 356 g/mol. The van der Waals surface area contributed by atoms with Gasteiger partial charge in [-0.1, -0.05) is 6.07 Å². The Kier molecular flexibility index (Phi) is 6.53. The Morgan fingerprint density at radius 3 is 2.83 bits per heavy atom. The highest BCUT2D eigenvalue weighted by Gasteiger charge is 2.12. The smallest absolute Gasteiger partial charge is 0.221 e. The summed E-state index contributed by atoms with van der Waals surface area (Å²) in [6.07, 6.45) is 0.377. The minimum Gasteiger partial charge on any atom is -0.350 e. The van der Waals surface area contributed by atoms with Crippen LogP contribution in [0, 0.1) is 18.6 Å². The molecule has 0 saturated carbocycles. The van der Waals surface area contributed by atoms with E-state index in [9.17, 15) is 13.6 Å². The third-order valence-electron chi connectivity index (χ3n) is 3.21. The number of thiazole rings is 1. The lowest BCUT2D eigenvalue weighted by molar-refractivity contribution is -0.121. The summed E-state index contributed by atoms with van der Waals surface area (Å²) in [4.78, 5) is 16.2. The zero-order valence-corrected chi connectivity index (χ0v) is 14.6. The van der Waals surface area contributed by atoms with Gasteiger partial charge in [-0.3, -0.25) is 4.79 Å². The molecule has 3 nitrogen and oxygen atoms in total. The van der Waals surface area contributed by atoms with Crippen molar-refractivity contribution in [2.75, 3.05) is 5.75 Å². The van der Waals surface area contributed by atoms with E-state index >= 15 is 0 Å². The van der Waals surface area contributed by atoms with Crippen LogP contribution < -0.4 is 5.32 Å². The molecule has 1 aromatic carbocycles. The van der Waals surface area contributed by atoms with Gasteiger partial charge in [-0.25, -0.2) is 13.8 Å². The topological polar surface area (TPSA) is 42.0 Å². The largest absolute Gasteiger partial charge is 0.350 e. The zero-order valence-electron chi connectivity index (χ0n) is 12.9. The first-order chi connectivity index (χ1) is 11.0. The summed E-state index contributed by atoms with van der Waals surface area (Å²) in [5.74, 6) is -0.425. The number of hydrogen-bond donors (Lipinski definition) is 1. The number of hydrogen-bond acceptors (Lipinski definition) is 4. The summed E-state index contributed by atoms with van der Waals surface area (Å²) < 4.78 is 26.1. The third-order valence-corrected chi connectivity index (χ3v) is 5.03. The van der Waals surface area contributed by atoms with Gasteiger partial charge in [0, 0.05) is 23.3 Å². The number of nitrogens with one attached hydrogen (secondary N) is 1. The molecule has 1 heterocycles. The first-order valence-corrected chi connectivity index (χ1v) is 9.22. The van der Waals surface area contributed by atoms with Crippen LogP contribution in [0.25, 0.3) is 0 Å². The predicted molar refractivity (Wildman–Crippen MR) is 90.5 cm³/mol. The molecule has 0 radical (unpaired) electrons. The fourth-order valence-corrected chi connectivity index (χ4v) is 3.54. The van der Waals surface area contributed by atoms with Crippen LogP contribution in [0.4, 0.5) is 8.78 Å². The van der Waals surface area contributed by atoms with Crippen LogP contribution in [0.1, 0.15) is 35.7 Å². The lowest BCUT2D eigenvalue weighted by Crippen LogP contribution is -2.27. The average Bonchev–Trinajstić information content (AvgIpc) is 2.92. The van der Waals surface area contributed by atoms with Crippen molar-refractivity contribution >= 4 is 29.0 Å². The molecule has 0 bridgehead atoms. The molecule has 0 spiro atoms. The molecule has 7 heteroatoms. The lowest BCUT2D eigenvalue weighted by Gasteiger charge is -2.14. The Bertz CT molecular complexity index is 676. The molecule has 0 fully saturated rings. The molecule has 1 amide bonds. The van der Waals surface area contributed by atoms with E-state index in [-0.39, 0.29) is 11.9 Å². The number of aromatic nitrogens is 1. The van der Waals surface area contributed by atoms with Crippen molar-refractivity contribution in [3.8, 4) is 0 Å². The molecule has 0 unspecified atom stereocenters. The minimum absolute atomic E-state index is 0.107. The molecule has 1 atom stereocenters. The molecule has 124 valence electrons. The van der Waals surface area contributed by atoms with Crippen LogP contribution in [-0.2, 0) is 10.5 Å². The quantitative estimate of drug-likeness (QED) is 0.755. The molecule has 1 N–H and O–H groups in total. The van der Waals surface area contributed by atoms with Crippen LogP contribution in [0.15, 0.2) is 23.6 Å². The van der Waals surface area contributed by atoms with Crippen molar-refractivity contribution < 1.29 is 13.6 Å². The summed E-state index contributed by atoms with van der Waals surface area (Å²) >= 11 is 3.26. The van der Waals surface area contributed by atoms with Crippen molar-refractivity contribution in [1.29, 1.82) is 0 Å². The van der Waals surface area contributed by atoms with Gasteiger partial charge in [0.2, 0.25) is 5.91 Å². The van der Waals surface area contributed by atoms with E-state index in [1.807, 2.05) is 12.3 Å². The number of halogens is 2. The third kappa shape index (κ3) is 5.58. The van der Waals surface area contributed by atoms with Gasteiger partial charge >= 0.3 is 0 Å². The van der Waals surface area contributed by atoms with Crippen molar-refractivity contribution in [3.05, 3.63) is 51.5 Å². The van der Waals surface area contributed by atoms with E-state index in [1.54, 1.807) is 30.0 Å². The Hall–Kier alpha value is -1.47. The van der Waals surface area contributed by atoms with Gasteiger partial charge in [-0.05, 0) is 31.5 Å². The maximum absolute atomic E-state index is 13.2. The van der Waals surface area contributed by atoms with E-state index < -0.39 is 11.6 Å². The highest BCUT2D eigenvalue weighted by Crippen LogP contribution is 2.18. The van der Waals surface area contributed by atoms with Gasteiger partial charge in [0.25, 0.3) is 0 Å². The van der Waals surface area contributed by atoms with Gasteiger partial charge in [-0.2, -0.15) is 11.8 Å². The number of aryl methyl sites for hydroxylation is 1. The molecule has 0 aliphatic carbocycles. The molecular weight excluding hydrogens is 338 g/mol. The Balaban J connectivity index is 1.72. The fourth-order valence-electron chi connectivity index (χ4n) is 1.99. The summed E-state index contributed by atoms with van der Waals surface area (Å²) in [5.41, 5.74) is 1.58. The molecular formula is C16H18F2N2OS2. The van der Waals surface area contributed by atoms with Gasteiger partial charge in [0.15, 0.2) is 11.6 Å². The standard InChI is InChI=1S/C16H18F2N2OS2/c1-10(12-3-4-14(17)15(18)7-12)19-16(21)5-6-22-8-13-9-23-11(2)20-13/h3-4,7,9-10H,5-6,8H2,1-2H3,(H,19,21)/t10-/m1/s1. The molecule has 23 heavy (non-hydrogen) atoms. The second-order valence-corrected chi connectivity index (χ2v) is 7.29. The highest BCUT2D eigenvalue weighted by molar-refractivity contribution is 7.98. The second-order valence-electron chi connectivity index (χ2n) is 5.12. The Morgan fingerprint density at radius 2 is 2.17 bits per heavy atom. The van der Waals surface area contributed by atoms with E-state index in [0.717, 1.165) is 28.6 Å². The number of nitrogens with zero attached hydrogens (tertiary/aromatic N) is 1. The lowest BCUT2D eigenvalue weighted by atomic mass is 10.1. The van der Waals surface area contributed by atoms with Gasteiger partial charge in [0.05, 0.1) is 16.7 Å². The second kappa shape index (κ2) is 8.40. The van der Waals surface area contributed by atoms with E-state index in [2.05, 4.69) is 10.3 Å². The number of carbonyl (C=O) groups excluding carboxylic acids is 1. The van der Waals surface area contributed by atoms with Gasteiger partial charge < -0.3 is 5.32 Å². The van der Waals surface area contributed by atoms with E-state index in [4.69, 9.17) is 0 Å². The highest BCUT2D eigenvalue weighted by atomic mass is 32.2. The van der Waals surface area contributed by atoms with E-state index in [0.29, 0.717) is 17.7 Å². The Morgan fingerprint density at radius 1 is 1.39 bits per heavy atom.